The van der Waals surface area contributed by atoms with Crippen LogP contribution in [0.1, 0.15) is 245 Å². The Labute approximate surface area is 460 Å². The smallest absolute Gasteiger partial charge is 0.462 e. The first kappa shape index (κ1) is 71.4. The number of nitrogens with two attached hydrogens (primary N) is 1. The molecule has 0 fully saturated rings. The third-order valence-corrected chi connectivity index (χ3v) is 13.3. The molecule has 0 aromatic heterocycles. The molecule has 0 amide bonds. The zero-order chi connectivity index (χ0) is 54.5. The molecule has 0 aromatic carbocycles. The summed E-state index contributed by atoms with van der Waals surface area (Å²) in [6, 6.07) is 0. The fraction of sp³-hybridized carbons (Fsp3) is 0.662. The van der Waals surface area contributed by atoms with E-state index in [0.717, 1.165) is 77.0 Å². The minimum Gasteiger partial charge on any atom is -0.462 e. The Morgan fingerprint density at radius 3 is 1.15 bits per heavy atom. The van der Waals surface area contributed by atoms with Crippen LogP contribution in [0.5, 0.6) is 0 Å². The summed E-state index contributed by atoms with van der Waals surface area (Å²) in [6.45, 7) is 3.57. The van der Waals surface area contributed by atoms with Crippen LogP contribution in [0.3, 0.4) is 0 Å². The van der Waals surface area contributed by atoms with Crippen LogP contribution in [0.25, 0.3) is 0 Å². The molecular formula is C65H110NO8P. The number of hydrogen-bond acceptors (Lipinski definition) is 8. The van der Waals surface area contributed by atoms with Crippen LogP contribution in [0, 0.1) is 0 Å². The summed E-state index contributed by atoms with van der Waals surface area (Å²) in [4.78, 5) is 35.2. The Kier molecular flexibility index (Phi) is 56.8. The lowest BCUT2D eigenvalue weighted by atomic mass is 10.0. The quantitative estimate of drug-likeness (QED) is 0.0264. The third-order valence-electron chi connectivity index (χ3n) is 12.3. The summed E-state index contributed by atoms with van der Waals surface area (Å²) < 4.78 is 33.0. The van der Waals surface area contributed by atoms with Crippen molar-refractivity contribution in [2.45, 2.75) is 251 Å². The van der Waals surface area contributed by atoms with Gasteiger partial charge in [0, 0.05) is 19.4 Å². The van der Waals surface area contributed by atoms with Crippen molar-refractivity contribution in [2.24, 2.45) is 5.73 Å². The van der Waals surface area contributed by atoms with Gasteiger partial charge in [-0.25, -0.2) is 4.57 Å². The number of unbranched alkanes of at least 4 members (excludes halogenated alkanes) is 22. The molecule has 0 rings (SSSR count). The molecule has 0 aromatic rings. The predicted molar refractivity (Wildman–Crippen MR) is 321 cm³/mol. The maximum Gasteiger partial charge on any atom is 0.472 e. The van der Waals surface area contributed by atoms with E-state index in [2.05, 4.69) is 129 Å². The summed E-state index contributed by atoms with van der Waals surface area (Å²) in [5.74, 6) is -0.901. The third kappa shape index (κ3) is 59.5. The fourth-order valence-electron chi connectivity index (χ4n) is 7.93. The average Bonchev–Trinajstić information content (AvgIpc) is 3.40. The first-order valence-electron chi connectivity index (χ1n) is 30.0. The van der Waals surface area contributed by atoms with E-state index in [1.807, 2.05) is 6.08 Å². The largest absolute Gasteiger partial charge is 0.472 e. The number of carbonyl (C=O) groups excluding carboxylic acids is 2. The highest BCUT2D eigenvalue weighted by atomic mass is 31.2. The second-order valence-electron chi connectivity index (χ2n) is 19.5. The van der Waals surface area contributed by atoms with Gasteiger partial charge < -0.3 is 20.1 Å². The van der Waals surface area contributed by atoms with E-state index < -0.39 is 32.5 Å². The number of phosphoric acid groups is 1. The lowest BCUT2D eigenvalue weighted by Gasteiger charge is -2.19. The Bertz CT molecular complexity index is 1640. The molecule has 0 radical (unpaired) electrons. The van der Waals surface area contributed by atoms with Crippen molar-refractivity contribution < 1.29 is 37.6 Å². The van der Waals surface area contributed by atoms with Crippen LogP contribution >= 0.6 is 7.82 Å². The van der Waals surface area contributed by atoms with Gasteiger partial charge in [0.15, 0.2) is 6.10 Å². The molecule has 10 heteroatoms. The van der Waals surface area contributed by atoms with Gasteiger partial charge >= 0.3 is 19.8 Å². The molecule has 3 N–H and O–H groups in total. The number of rotatable bonds is 55. The molecule has 0 spiro atoms. The number of carbonyl (C=O) groups is 2. The first-order valence-corrected chi connectivity index (χ1v) is 31.5. The van der Waals surface area contributed by atoms with E-state index in [4.69, 9.17) is 24.3 Å². The van der Waals surface area contributed by atoms with Gasteiger partial charge in [-0.1, -0.05) is 251 Å². The molecule has 428 valence electrons. The fourth-order valence-corrected chi connectivity index (χ4v) is 8.69. The molecule has 0 saturated heterocycles. The van der Waals surface area contributed by atoms with Crippen molar-refractivity contribution in [1.82, 2.24) is 0 Å². The maximum absolute atomic E-state index is 12.7. The van der Waals surface area contributed by atoms with E-state index in [-0.39, 0.29) is 32.6 Å². The molecule has 0 aliphatic carbocycles. The lowest BCUT2D eigenvalue weighted by Crippen LogP contribution is -2.29. The molecule has 75 heavy (non-hydrogen) atoms. The summed E-state index contributed by atoms with van der Waals surface area (Å²) in [5.41, 5.74) is 5.38. The van der Waals surface area contributed by atoms with Gasteiger partial charge in [-0.3, -0.25) is 18.6 Å². The number of allylic oxidation sites excluding steroid dienone is 20. The topological polar surface area (TPSA) is 134 Å². The average molecular weight is 1060 g/mol. The van der Waals surface area contributed by atoms with E-state index in [1.54, 1.807) is 0 Å². The molecule has 0 heterocycles. The van der Waals surface area contributed by atoms with Crippen molar-refractivity contribution in [1.29, 1.82) is 0 Å². The molecule has 2 atom stereocenters. The van der Waals surface area contributed by atoms with E-state index >= 15 is 0 Å². The van der Waals surface area contributed by atoms with Crippen LogP contribution in [-0.2, 0) is 32.7 Å². The Balaban J connectivity index is 4.10. The molecule has 0 bridgehead atoms. The Hall–Kier alpha value is -3.59. The van der Waals surface area contributed by atoms with Gasteiger partial charge in [-0.05, 0) is 103 Å². The highest BCUT2D eigenvalue weighted by molar-refractivity contribution is 7.47. The Morgan fingerprint density at radius 1 is 0.413 bits per heavy atom. The Morgan fingerprint density at radius 2 is 0.747 bits per heavy atom. The molecule has 0 aliphatic rings. The summed E-state index contributed by atoms with van der Waals surface area (Å²) in [6.07, 6.45) is 82.7. The number of esters is 2. The van der Waals surface area contributed by atoms with Crippen LogP contribution in [0.15, 0.2) is 122 Å². The van der Waals surface area contributed by atoms with E-state index in [1.165, 1.54) is 128 Å². The lowest BCUT2D eigenvalue weighted by molar-refractivity contribution is -0.161. The standard InChI is InChI=1S/C65H110NO8P/c1-3-5-7-9-11-13-15-17-19-21-23-25-27-29-30-31-32-34-36-38-40-42-44-46-48-50-52-54-56-58-65(68)74-63(62-73-75(69,70)72-60-59-66)61-71-64(67)57-55-53-51-49-47-45-43-41-39-37-35-33-28-26-24-22-20-18-16-14-12-10-8-6-4-2/h5,7,11,13,17,19,22-25,29-30,32,34,38,40,44,46,50,52,63H,3-4,6,8-10,12,14-16,18,20-21,26-28,31,33,35-37,39,41-43,45,47-49,51,53-62,66H2,1-2H3,(H,69,70)/b7-5-,13-11-,19-17-,24-22-,25-23-,30-29-,34-32-,40-38-,46-44-,52-50-. The monoisotopic (exact) mass is 1060 g/mol. The van der Waals surface area contributed by atoms with Crippen LogP contribution < -0.4 is 5.73 Å². The summed E-state index contributed by atoms with van der Waals surface area (Å²) in [7, 11) is -4.41. The number of phosphoric ester groups is 1. The maximum atomic E-state index is 12.7. The van der Waals surface area contributed by atoms with E-state index in [0.29, 0.717) is 12.8 Å². The predicted octanol–water partition coefficient (Wildman–Crippen LogP) is 19.2. The van der Waals surface area contributed by atoms with Crippen molar-refractivity contribution in [3.63, 3.8) is 0 Å². The molecule has 2 unspecified atom stereocenters. The minimum absolute atomic E-state index is 0.0382. The van der Waals surface area contributed by atoms with Gasteiger partial charge in [0.1, 0.15) is 6.61 Å². The highest BCUT2D eigenvalue weighted by Crippen LogP contribution is 2.43. The molecule has 0 aliphatic heterocycles. The summed E-state index contributed by atoms with van der Waals surface area (Å²) in [5, 5.41) is 0. The van der Waals surface area contributed by atoms with Gasteiger partial charge in [0.05, 0.1) is 13.2 Å². The SMILES string of the molecule is CC/C=C\C/C=C\C/C=C\C/C=C\C/C=C\C/C=C\C/C=C\C/C=C\C/C=C\CCCC(=O)OC(COC(=O)CCCCCCCCCCCCCCC/C=C\CCCCCCCCCC)COP(=O)(O)OCCN. The van der Waals surface area contributed by atoms with Crippen molar-refractivity contribution in [3.8, 4) is 0 Å². The van der Waals surface area contributed by atoms with Gasteiger partial charge in [0.25, 0.3) is 0 Å². The second-order valence-corrected chi connectivity index (χ2v) is 20.9. The first-order chi connectivity index (χ1) is 36.8. The van der Waals surface area contributed by atoms with Crippen molar-refractivity contribution >= 4 is 19.8 Å². The zero-order valence-electron chi connectivity index (χ0n) is 47.7. The summed E-state index contributed by atoms with van der Waals surface area (Å²) >= 11 is 0. The van der Waals surface area contributed by atoms with Crippen LogP contribution in [0.4, 0.5) is 0 Å². The molecule has 0 saturated carbocycles. The van der Waals surface area contributed by atoms with Crippen LogP contribution in [-0.4, -0.2) is 49.3 Å². The van der Waals surface area contributed by atoms with Crippen LogP contribution in [0.2, 0.25) is 0 Å². The number of hydrogen-bond donors (Lipinski definition) is 2. The van der Waals surface area contributed by atoms with Gasteiger partial charge in [-0.2, -0.15) is 0 Å². The minimum atomic E-state index is -4.41. The van der Waals surface area contributed by atoms with Crippen molar-refractivity contribution in [2.75, 3.05) is 26.4 Å². The molecular weight excluding hydrogens is 954 g/mol. The van der Waals surface area contributed by atoms with E-state index in [9.17, 15) is 19.0 Å². The van der Waals surface area contributed by atoms with Gasteiger partial charge in [-0.15, -0.1) is 0 Å². The van der Waals surface area contributed by atoms with Gasteiger partial charge in [0.2, 0.25) is 0 Å². The normalized spacial score (nSPS) is 13.9. The number of ether oxygens (including phenoxy) is 2. The highest BCUT2D eigenvalue weighted by Gasteiger charge is 2.26. The molecule has 9 nitrogen and oxygen atoms in total. The second kappa shape index (κ2) is 59.7. The van der Waals surface area contributed by atoms with Crippen molar-refractivity contribution in [3.05, 3.63) is 122 Å². The zero-order valence-corrected chi connectivity index (χ0v) is 48.6.